The van der Waals surface area contributed by atoms with E-state index in [0.717, 1.165) is 26.2 Å². The Labute approximate surface area is 153 Å². The van der Waals surface area contributed by atoms with Gasteiger partial charge in [-0.3, -0.25) is 9.36 Å². The number of rotatable bonds is 5. The maximum Gasteiger partial charge on any atom is 0.335 e. The van der Waals surface area contributed by atoms with Crippen LogP contribution in [0.2, 0.25) is 0 Å². The van der Waals surface area contributed by atoms with E-state index < -0.39 is 5.97 Å². The molecule has 2 heterocycles. The minimum atomic E-state index is -0.936. The first kappa shape index (κ1) is 17.7. The zero-order valence-electron chi connectivity index (χ0n) is 14.2. The van der Waals surface area contributed by atoms with Crippen molar-refractivity contribution in [2.75, 3.05) is 0 Å². The molecular formula is C18H18N2O3S2. The average Bonchev–Trinajstić information content (AvgIpc) is 2.88. The predicted molar refractivity (Wildman–Crippen MR) is 102 cm³/mol. The molecule has 0 spiro atoms. The molecule has 0 aliphatic rings. The molecular weight excluding hydrogens is 356 g/mol. The number of aromatic nitrogens is 2. The number of carbonyl (C=O) groups is 1. The van der Waals surface area contributed by atoms with Crippen LogP contribution in [0.25, 0.3) is 10.2 Å². The molecule has 5 nitrogen and oxygen atoms in total. The van der Waals surface area contributed by atoms with E-state index in [1.54, 1.807) is 40.2 Å². The Hall–Kier alpha value is -2.12. The Balaban J connectivity index is 1.93. The number of carboxylic acid groups (broad SMARTS) is 1. The molecule has 3 rings (SSSR count). The van der Waals surface area contributed by atoms with Crippen molar-refractivity contribution in [3.8, 4) is 0 Å². The lowest BCUT2D eigenvalue weighted by Crippen LogP contribution is -2.22. The first-order valence-corrected chi connectivity index (χ1v) is 9.68. The van der Waals surface area contributed by atoms with Gasteiger partial charge in [0.1, 0.15) is 4.83 Å². The molecule has 25 heavy (non-hydrogen) atoms. The first-order valence-electron chi connectivity index (χ1n) is 7.88. The highest BCUT2D eigenvalue weighted by Gasteiger charge is 2.16. The standard InChI is InChI=1S/C18H18N2O3S2/c1-4-20-16(21)14-10(2)11(3)25-15(14)19-18(20)24-9-12-5-7-13(8-6-12)17(22)23/h5-8H,4,9H2,1-3H3,(H,22,23). The zero-order chi connectivity index (χ0) is 18.1. The Bertz CT molecular complexity index is 1000. The highest BCUT2D eigenvalue weighted by atomic mass is 32.2. The number of thioether (sulfide) groups is 1. The summed E-state index contributed by atoms with van der Waals surface area (Å²) < 4.78 is 1.71. The minimum absolute atomic E-state index is 0.0121. The number of hydrogen-bond acceptors (Lipinski definition) is 5. The fourth-order valence-corrected chi connectivity index (χ4v) is 4.68. The summed E-state index contributed by atoms with van der Waals surface area (Å²) in [4.78, 5) is 30.3. The van der Waals surface area contributed by atoms with Gasteiger partial charge >= 0.3 is 5.97 Å². The fraction of sp³-hybridized carbons (Fsp3) is 0.278. The van der Waals surface area contributed by atoms with Crippen LogP contribution in [-0.4, -0.2) is 20.6 Å². The van der Waals surface area contributed by atoms with Gasteiger partial charge in [-0.15, -0.1) is 11.3 Å². The van der Waals surface area contributed by atoms with E-state index in [1.807, 2.05) is 20.8 Å². The van der Waals surface area contributed by atoms with Gasteiger partial charge in [-0.05, 0) is 44.0 Å². The van der Waals surface area contributed by atoms with Crippen molar-refractivity contribution in [1.82, 2.24) is 9.55 Å². The number of fused-ring (bicyclic) bond motifs is 1. The van der Waals surface area contributed by atoms with E-state index in [4.69, 9.17) is 10.1 Å². The second-order valence-corrected chi connectivity index (χ2v) is 7.84. The van der Waals surface area contributed by atoms with Gasteiger partial charge in [-0.25, -0.2) is 9.78 Å². The Morgan fingerprint density at radius 3 is 2.56 bits per heavy atom. The van der Waals surface area contributed by atoms with Crippen LogP contribution in [0.1, 0.15) is 33.3 Å². The molecule has 0 aliphatic heterocycles. The molecule has 2 aromatic heterocycles. The smallest absolute Gasteiger partial charge is 0.335 e. The molecule has 130 valence electrons. The lowest BCUT2D eigenvalue weighted by molar-refractivity contribution is 0.0697. The Morgan fingerprint density at radius 2 is 1.96 bits per heavy atom. The second-order valence-electron chi connectivity index (χ2n) is 5.70. The molecule has 0 saturated carbocycles. The summed E-state index contributed by atoms with van der Waals surface area (Å²) in [5, 5.41) is 10.4. The van der Waals surface area contributed by atoms with Gasteiger partial charge in [0.15, 0.2) is 5.16 Å². The van der Waals surface area contributed by atoms with E-state index in [9.17, 15) is 9.59 Å². The van der Waals surface area contributed by atoms with Crippen LogP contribution in [0.4, 0.5) is 0 Å². The number of nitrogens with zero attached hydrogens (tertiary/aromatic N) is 2. The third-order valence-electron chi connectivity index (χ3n) is 4.14. The SMILES string of the molecule is CCn1c(SCc2ccc(C(=O)O)cc2)nc2sc(C)c(C)c2c1=O. The third kappa shape index (κ3) is 3.34. The summed E-state index contributed by atoms with van der Waals surface area (Å²) in [6, 6.07) is 6.77. The third-order valence-corrected chi connectivity index (χ3v) is 6.29. The van der Waals surface area contributed by atoms with Crippen molar-refractivity contribution in [1.29, 1.82) is 0 Å². The van der Waals surface area contributed by atoms with Gasteiger partial charge in [0, 0.05) is 17.2 Å². The van der Waals surface area contributed by atoms with Gasteiger partial charge < -0.3 is 5.11 Å². The molecule has 0 aliphatic carbocycles. The largest absolute Gasteiger partial charge is 0.478 e. The van der Waals surface area contributed by atoms with Crippen molar-refractivity contribution in [3.05, 3.63) is 56.2 Å². The van der Waals surface area contributed by atoms with Crippen molar-refractivity contribution in [2.45, 2.75) is 38.2 Å². The van der Waals surface area contributed by atoms with Gasteiger partial charge in [0.25, 0.3) is 5.56 Å². The number of aryl methyl sites for hydroxylation is 2. The molecule has 0 fully saturated rings. The van der Waals surface area contributed by atoms with E-state index in [0.29, 0.717) is 17.5 Å². The second kappa shape index (κ2) is 7.01. The van der Waals surface area contributed by atoms with Crippen molar-refractivity contribution in [2.24, 2.45) is 0 Å². The van der Waals surface area contributed by atoms with E-state index in [1.165, 1.54) is 11.8 Å². The molecule has 0 radical (unpaired) electrons. The zero-order valence-corrected chi connectivity index (χ0v) is 15.8. The lowest BCUT2D eigenvalue weighted by Gasteiger charge is -2.10. The fourth-order valence-electron chi connectivity index (χ4n) is 2.59. The van der Waals surface area contributed by atoms with E-state index >= 15 is 0 Å². The molecule has 1 aromatic carbocycles. The average molecular weight is 374 g/mol. The number of aromatic carboxylic acids is 1. The number of hydrogen-bond donors (Lipinski definition) is 1. The summed E-state index contributed by atoms with van der Waals surface area (Å²) >= 11 is 3.04. The van der Waals surface area contributed by atoms with Gasteiger partial charge in [-0.1, -0.05) is 23.9 Å². The highest BCUT2D eigenvalue weighted by molar-refractivity contribution is 7.98. The molecule has 3 aromatic rings. The summed E-state index contributed by atoms with van der Waals surface area (Å²) in [6.07, 6.45) is 0. The quantitative estimate of drug-likeness (QED) is 0.538. The Morgan fingerprint density at radius 1 is 1.28 bits per heavy atom. The molecule has 1 N–H and O–H groups in total. The predicted octanol–water partition coefficient (Wildman–Crippen LogP) is 4.09. The number of carboxylic acids is 1. The van der Waals surface area contributed by atoms with Gasteiger partial charge in [0.05, 0.1) is 10.9 Å². The first-order chi connectivity index (χ1) is 11.9. The molecule has 0 bridgehead atoms. The van der Waals surface area contributed by atoms with Crippen molar-refractivity contribution >= 4 is 39.3 Å². The molecule has 7 heteroatoms. The summed E-state index contributed by atoms with van der Waals surface area (Å²) in [5.74, 6) is -0.309. The number of benzene rings is 1. The summed E-state index contributed by atoms with van der Waals surface area (Å²) in [7, 11) is 0. The summed E-state index contributed by atoms with van der Waals surface area (Å²) in [5.41, 5.74) is 2.28. The van der Waals surface area contributed by atoms with Crippen LogP contribution in [-0.2, 0) is 12.3 Å². The van der Waals surface area contributed by atoms with Crippen LogP contribution in [0.5, 0.6) is 0 Å². The number of thiophene rings is 1. The minimum Gasteiger partial charge on any atom is -0.478 e. The molecule has 0 unspecified atom stereocenters. The topological polar surface area (TPSA) is 72.2 Å². The van der Waals surface area contributed by atoms with Crippen LogP contribution < -0.4 is 5.56 Å². The van der Waals surface area contributed by atoms with E-state index in [-0.39, 0.29) is 11.1 Å². The molecule has 0 amide bonds. The highest BCUT2D eigenvalue weighted by Crippen LogP contribution is 2.29. The monoisotopic (exact) mass is 374 g/mol. The Kier molecular flexibility index (Phi) is 4.96. The maximum absolute atomic E-state index is 12.8. The van der Waals surface area contributed by atoms with E-state index in [2.05, 4.69) is 0 Å². The van der Waals surface area contributed by atoms with Gasteiger partial charge in [0.2, 0.25) is 0 Å². The van der Waals surface area contributed by atoms with Crippen LogP contribution >= 0.6 is 23.1 Å². The van der Waals surface area contributed by atoms with Crippen molar-refractivity contribution < 1.29 is 9.90 Å². The lowest BCUT2D eigenvalue weighted by atomic mass is 10.1. The van der Waals surface area contributed by atoms with Gasteiger partial charge in [-0.2, -0.15) is 0 Å². The van der Waals surface area contributed by atoms with Crippen LogP contribution in [0.15, 0.2) is 34.2 Å². The van der Waals surface area contributed by atoms with Crippen molar-refractivity contribution in [3.63, 3.8) is 0 Å². The maximum atomic E-state index is 12.8. The molecule has 0 atom stereocenters. The van der Waals surface area contributed by atoms with Crippen LogP contribution in [0, 0.1) is 13.8 Å². The normalized spacial score (nSPS) is 11.2. The molecule has 0 saturated heterocycles. The van der Waals surface area contributed by atoms with Crippen LogP contribution in [0.3, 0.4) is 0 Å². The summed E-state index contributed by atoms with van der Waals surface area (Å²) in [6.45, 7) is 6.48.